The van der Waals surface area contributed by atoms with Crippen LogP contribution in [0.25, 0.3) is 0 Å². The molecule has 82 valence electrons. The van der Waals surface area contributed by atoms with Crippen molar-refractivity contribution in [2.24, 2.45) is 0 Å². The number of halogens is 6. The highest BCUT2D eigenvalue weighted by atomic mass is 19.3. The topological polar surface area (TPSA) is 12.9 Å². The second-order valence-corrected chi connectivity index (χ2v) is 3.12. The van der Waals surface area contributed by atoms with Crippen molar-refractivity contribution < 1.29 is 26.3 Å². The third kappa shape index (κ3) is 0.929. The van der Waals surface area contributed by atoms with Gasteiger partial charge in [0, 0.05) is 6.20 Å². The molecule has 0 amide bonds. The van der Waals surface area contributed by atoms with Crippen LogP contribution in [0.3, 0.4) is 0 Å². The largest absolute Gasteiger partial charge is 0.382 e. The maximum Gasteiger partial charge on any atom is 0.382 e. The number of aromatic nitrogens is 1. The van der Waals surface area contributed by atoms with Gasteiger partial charge >= 0.3 is 17.8 Å². The fraction of sp³-hybridized carbons (Fsp3) is 0.375. The van der Waals surface area contributed by atoms with Gasteiger partial charge in [-0.15, -0.1) is 0 Å². The molecule has 0 N–H and O–H groups in total. The first-order valence-electron chi connectivity index (χ1n) is 3.82. The highest BCUT2D eigenvalue weighted by molar-refractivity contribution is 5.39. The second kappa shape index (κ2) is 2.45. The zero-order chi connectivity index (χ0) is 11.5. The minimum atomic E-state index is -5.43. The summed E-state index contributed by atoms with van der Waals surface area (Å²) in [5, 5.41) is 0. The van der Waals surface area contributed by atoms with Crippen molar-refractivity contribution in [1.82, 2.24) is 4.98 Å². The van der Waals surface area contributed by atoms with Crippen molar-refractivity contribution in [2.75, 3.05) is 0 Å². The van der Waals surface area contributed by atoms with Crippen LogP contribution >= 0.6 is 0 Å². The first-order valence-corrected chi connectivity index (χ1v) is 3.82. The van der Waals surface area contributed by atoms with E-state index in [1.54, 1.807) is 0 Å². The lowest BCUT2D eigenvalue weighted by Crippen LogP contribution is -2.43. The van der Waals surface area contributed by atoms with Crippen LogP contribution in [-0.2, 0) is 11.8 Å². The van der Waals surface area contributed by atoms with Gasteiger partial charge in [0.15, 0.2) is 0 Å². The fourth-order valence-corrected chi connectivity index (χ4v) is 1.42. The SMILES string of the molecule is FC1(F)c2cccnc2C(F)(F)C1(F)F. The predicted molar refractivity (Wildman–Crippen MR) is 37.0 cm³/mol. The molecule has 0 unspecified atom stereocenters. The highest BCUT2D eigenvalue weighted by Gasteiger charge is 2.80. The molecule has 1 aromatic heterocycles. The average Bonchev–Trinajstić information content (AvgIpc) is 2.26. The Morgan fingerprint density at radius 1 is 0.933 bits per heavy atom. The zero-order valence-electron chi connectivity index (χ0n) is 6.95. The normalized spacial score (nSPS) is 24.9. The Labute approximate surface area is 79.7 Å². The minimum absolute atomic E-state index is 0.525. The average molecular weight is 227 g/mol. The van der Waals surface area contributed by atoms with Gasteiger partial charge in [-0.05, 0) is 12.1 Å². The Hall–Kier alpha value is -1.27. The quantitative estimate of drug-likeness (QED) is 0.621. The van der Waals surface area contributed by atoms with Crippen LogP contribution in [0, 0.1) is 0 Å². The van der Waals surface area contributed by atoms with Gasteiger partial charge in [-0.25, -0.2) is 0 Å². The van der Waals surface area contributed by atoms with E-state index in [4.69, 9.17) is 0 Å². The van der Waals surface area contributed by atoms with Gasteiger partial charge in [-0.3, -0.25) is 4.98 Å². The van der Waals surface area contributed by atoms with Crippen molar-refractivity contribution in [2.45, 2.75) is 17.8 Å². The number of hydrogen-bond acceptors (Lipinski definition) is 1. The lowest BCUT2D eigenvalue weighted by molar-refractivity contribution is -0.303. The molecular weight excluding hydrogens is 224 g/mol. The highest BCUT2D eigenvalue weighted by Crippen LogP contribution is 2.62. The molecule has 1 heterocycles. The Bertz CT molecular complexity index is 376. The van der Waals surface area contributed by atoms with E-state index in [0.717, 1.165) is 12.3 Å². The molecule has 0 aromatic carbocycles. The molecule has 1 aliphatic carbocycles. The summed E-state index contributed by atoms with van der Waals surface area (Å²) >= 11 is 0. The summed E-state index contributed by atoms with van der Waals surface area (Å²) in [5.41, 5.74) is -2.97. The molecule has 15 heavy (non-hydrogen) atoms. The van der Waals surface area contributed by atoms with Gasteiger partial charge < -0.3 is 0 Å². The van der Waals surface area contributed by atoms with E-state index in [2.05, 4.69) is 4.98 Å². The van der Waals surface area contributed by atoms with E-state index in [-0.39, 0.29) is 0 Å². The minimum Gasteiger partial charge on any atom is -0.254 e. The van der Waals surface area contributed by atoms with E-state index < -0.39 is 29.0 Å². The van der Waals surface area contributed by atoms with Crippen molar-refractivity contribution in [3.63, 3.8) is 0 Å². The second-order valence-electron chi connectivity index (χ2n) is 3.12. The summed E-state index contributed by atoms with van der Waals surface area (Å²) in [6, 6.07) is 1.43. The molecular formula is C8H3F6N. The molecule has 2 rings (SSSR count). The van der Waals surface area contributed by atoms with Crippen LogP contribution in [0.5, 0.6) is 0 Å². The number of nitrogens with zero attached hydrogens (tertiary/aromatic N) is 1. The third-order valence-electron chi connectivity index (χ3n) is 2.23. The number of pyridine rings is 1. The summed E-state index contributed by atoms with van der Waals surface area (Å²) in [7, 11) is 0. The van der Waals surface area contributed by atoms with Crippen molar-refractivity contribution in [3.05, 3.63) is 29.6 Å². The molecule has 1 nitrogen and oxygen atoms in total. The van der Waals surface area contributed by atoms with E-state index in [1.807, 2.05) is 0 Å². The maximum absolute atomic E-state index is 12.9. The fourth-order valence-electron chi connectivity index (χ4n) is 1.42. The first kappa shape index (κ1) is 10.3. The number of fused-ring (bicyclic) bond motifs is 1. The Morgan fingerprint density at radius 2 is 1.53 bits per heavy atom. The molecule has 7 heteroatoms. The molecule has 1 aromatic rings. The summed E-state index contributed by atoms with van der Waals surface area (Å²) in [4.78, 5) is 2.89. The van der Waals surface area contributed by atoms with Crippen LogP contribution in [0.1, 0.15) is 11.3 Å². The van der Waals surface area contributed by atoms with Crippen molar-refractivity contribution in [3.8, 4) is 0 Å². The standard InChI is InChI=1S/C8H3F6N/c9-6(10)4-2-1-3-15-5(4)7(11,12)8(6,13)14/h1-3H. The van der Waals surface area contributed by atoms with Gasteiger partial charge in [0.1, 0.15) is 5.69 Å². The smallest absolute Gasteiger partial charge is 0.254 e. The zero-order valence-corrected chi connectivity index (χ0v) is 6.95. The van der Waals surface area contributed by atoms with Gasteiger partial charge in [0.25, 0.3) is 0 Å². The molecule has 1 aliphatic rings. The van der Waals surface area contributed by atoms with Crippen LogP contribution in [0.2, 0.25) is 0 Å². The first-order chi connectivity index (χ1) is 6.73. The molecule has 0 fully saturated rings. The predicted octanol–water partition coefficient (Wildman–Crippen LogP) is 2.91. The van der Waals surface area contributed by atoms with E-state index >= 15 is 0 Å². The van der Waals surface area contributed by atoms with Gasteiger partial charge in [0.05, 0.1) is 5.56 Å². The van der Waals surface area contributed by atoms with E-state index in [1.165, 1.54) is 0 Å². The maximum atomic E-state index is 12.9. The summed E-state index contributed by atoms with van der Waals surface area (Å²) in [6.07, 6.45) is 0.768. The molecule has 0 atom stereocenters. The molecule has 0 spiro atoms. The lowest BCUT2D eigenvalue weighted by atomic mass is 10.1. The van der Waals surface area contributed by atoms with Crippen LogP contribution in [0.4, 0.5) is 26.3 Å². The monoisotopic (exact) mass is 227 g/mol. The molecule has 0 saturated heterocycles. The molecule has 0 radical (unpaired) electrons. The van der Waals surface area contributed by atoms with Crippen molar-refractivity contribution in [1.29, 1.82) is 0 Å². The van der Waals surface area contributed by atoms with E-state index in [0.29, 0.717) is 6.07 Å². The Balaban J connectivity index is 2.78. The summed E-state index contributed by atoms with van der Waals surface area (Å²) < 4.78 is 77.2. The number of rotatable bonds is 0. The third-order valence-corrected chi connectivity index (χ3v) is 2.23. The summed E-state index contributed by atoms with van der Waals surface area (Å²) in [6.45, 7) is 0. The Morgan fingerprint density at radius 3 is 2.07 bits per heavy atom. The van der Waals surface area contributed by atoms with Crippen LogP contribution < -0.4 is 0 Å². The molecule has 0 bridgehead atoms. The van der Waals surface area contributed by atoms with Crippen molar-refractivity contribution >= 4 is 0 Å². The van der Waals surface area contributed by atoms with Crippen LogP contribution in [-0.4, -0.2) is 10.9 Å². The van der Waals surface area contributed by atoms with E-state index in [9.17, 15) is 26.3 Å². The Kier molecular flexibility index (Phi) is 1.68. The van der Waals surface area contributed by atoms with Crippen LogP contribution in [0.15, 0.2) is 18.3 Å². The molecule has 0 aliphatic heterocycles. The lowest BCUT2D eigenvalue weighted by Gasteiger charge is -2.22. The van der Waals surface area contributed by atoms with Gasteiger partial charge in [0.2, 0.25) is 0 Å². The molecule has 0 saturated carbocycles. The number of hydrogen-bond donors (Lipinski definition) is 0. The van der Waals surface area contributed by atoms with Gasteiger partial charge in [-0.2, -0.15) is 26.3 Å². The number of alkyl halides is 6. The summed E-state index contributed by atoms with van der Waals surface area (Å²) in [5.74, 6) is -15.3. The van der Waals surface area contributed by atoms with Gasteiger partial charge in [-0.1, -0.05) is 0 Å².